The maximum atomic E-state index is 13.4. The van der Waals surface area contributed by atoms with Crippen LogP contribution < -0.4 is 4.74 Å². The molecule has 0 N–H and O–H groups in total. The Labute approximate surface area is 166 Å². The second-order valence-electron chi connectivity index (χ2n) is 6.76. The Kier molecular flexibility index (Phi) is 4.75. The number of ether oxygens (including phenoxy) is 1. The van der Waals surface area contributed by atoms with Gasteiger partial charge in [0, 0.05) is 17.5 Å². The number of pyridine rings is 3. The second-order valence-corrected chi connectivity index (χ2v) is 6.76. The molecule has 29 heavy (non-hydrogen) atoms. The standard InChI is InChI=1S/C21H18FN5O2/c1-12-4-5-16(24-13(12)2)7-20(28)19-8-18(11-27-21(19)25-14(3)26-27)29-17-6-15(22)9-23-10-17/h4-6,8-11H,7H2,1-3H3. The van der Waals surface area contributed by atoms with Crippen LogP contribution in [0.15, 0.2) is 42.9 Å². The van der Waals surface area contributed by atoms with E-state index in [1.165, 1.54) is 16.8 Å². The Hall–Kier alpha value is -3.68. The van der Waals surface area contributed by atoms with Crippen LogP contribution in [0.4, 0.5) is 4.39 Å². The molecule has 146 valence electrons. The van der Waals surface area contributed by atoms with Crippen LogP contribution in [0.1, 0.15) is 33.1 Å². The normalized spacial score (nSPS) is 11.0. The van der Waals surface area contributed by atoms with E-state index in [1.807, 2.05) is 26.0 Å². The van der Waals surface area contributed by atoms with E-state index in [0.717, 1.165) is 17.5 Å². The van der Waals surface area contributed by atoms with Crippen LogP contribution in [0, 0.1) is 26.6 Å². The second kappa shape index (κ2) is 7.38. The number of rotatable bonds is 5. The van der Waals surface area contributed by atoms with E-state index in [4.69, 9.17) is 4.74 Å². The number of fused-ring (bicyclic) bond motifs is 1. The molecule has 0 amide bonds. The fraction of sp³-hybridized carbons (Fsp3) is 0.190. The lowest BCUT2D eigenvalue weighted by Crippen LogP contribution is -2.09. The Morgan fingerprint density at radius 2 is 1.93 bits per heavy atom. The molecule has 0 fully saturated rings. The van der Waals surface area contributed by atoms with Gasteiger partial charge in [-0.25, -0.2) is 13.9 Å². The van der Waals surface area contributed by atoms with Crippen molar-refractivity contribution in [3.8, 4) is 11.5 Å². The van der Waals surface area contributed by atoms with Crippen LogP contribution in [-0.2, 0) is 6.42 Å². The number of hydrogen-bond donors (Lipinski definition) is 0. The molecular formula is C21H18FN5O2. The van der Waals surface area contributed by atoms with Gasteiger partial charge in [-0.3, -0.25) is 14.8 Å². The van der Waals surface area contributed by atoms with E-state index in [0.29, 0.717) is 28.5 Å². The molecule has 4 heterocycles. The Bertz CT molecular complexity index is 1240. The van der Waals surface area contributed by atoms with Crippen LogP contribution in [0.25, 0.3) is 5.65 Å². The highest BCUT2D eigenvalue weighted by molar-refractivity contribution is 6.02. The van der Waals surface area contributed by atoms with Crippen molar-refractivity contribution in [2.24, 2.45) is 0 Å². The highest BCUT2D eigenvalue weighted by atomic mass is 19.1. The van der Waals surface area contributed by atoms with Crippen LogP contribution >= 0.6 is 0 Å². The summed E-state index contributed by atoms with van der Waals surface area (Å²) in [7, 11) is 0. The molecule has 0 aliphatic heterocycles. The number of nitrogens with zero attached hydrogens (tertiary/aromatic N) is 5. The maximum absolute atomic E-state index is 13.4. The van der Waals surface area contributed by atoms with E-state index < -0.39 is 5.82 Å². The molecule has 0 spiro atoms. The van der Waals surface area contributed by atoms with Crippen molar-refractivity contribution in [3.63, 3.8) is 0 Å². The van der Waals surface area contributed by atoms with Crippen molar-refractivity contribution in [1.29, 1.82) is 0 Å². The summed E-state index contributed by atoms with van der Waals surface area (Å²) in [6.45, 7) is 5.62. The molecule has 0 unspecified atom stereocenters. The van der Waals surface area contributed by atoms with Crippen molar-refractivity contribution in [1.82, 2.24) is 24.6 Å². The summed E-state index contributed by atoms with van der Waals surface area (Å²) in [6.07, 6.45) is 4.18. The van der Waals surface area contributed by atoms with Gasteiger partial charge in [-0.05, 0) is 38.5 Å². The highest BCUT2D eigenvalue weighted by Crippen LogP contribution is 2.25. The first-order valence-electron chi connectivity index (χ1n) is 9.01. The summed E-state index contributed by atoms with van der Waals surface area (Å²) in [5, 5.41) is 4.28. The Morgan fingerprint density at radius 3 is 2.69 bits per heavy atom. The molecule has 0 aliphatic carbocycles. The molecule has 0 saturated heterocycles. The zero-order valence-corrected chi connectivity index (χ0v) is 16.2. The predicted molar refractivity (Wildman–Crippen MR) is 104 cm³/mol. The Balaban J connectivity index is 1.71. The Morgan fingerprint density at radius 1 is 1.10 bits per heavy atom. The molecule has 0 radical (unpaired) electrons. The molecule has 0 aliphatic rings. The lowest BCUT2D eigenvalue weighted by atomic mass is 10.1. The number of carbonyl (C=O) groups excluding carboxylic acids is 1. The van der Waals surface area contributed by atoms with Gasteiger partial charge in [0.2, 0.25) is 0 Å². The predicted octanol–water partition coefficient (Wildman–Crippen LogP) is 3.80. The van der Waals surface area contributed by atoms with Crippen LogP contribution in [0.3, 0.4) is 0 Å². The first-order chi connectivity index (χ1) is 13.9. The van der Waals surface area contributed by atoms with Crippen LogP contribution in [0.2, 0.25) is 0 Å². The molecule has 4 aromatic rings. The summed E-state index contributed by atoms with van der Waals surface area (Å²) < 4.78 is 20.6. The van der Waals surface area contributed by atoms with Gasteiger partial charge in [0.25, 0.3) is 0 Å². The van der Waals surface area contributed by atoms with Gasteiger partial charge in [0.1, 0.15) is 23.1 Å². The number of hydrogen-bond acceptors (Lipinski definition) is 6. The van der Waals surface area contributed by atoms with Gasteiger partial charge in [0.15, 0.2) is 11.4 Å². The van der Waals surface area contributed by atoms with Gasteiger partial charge in [-0.2, -0.15) is 5.10 Å². The zero-order valence-electron chi connectivity index (χ0n) is 16.2. The first-order valence-corrected chi connectivity index (χ1v) is 9.01. The van der Waals surface area contributed by atoms with Crippen molar-refractivity contribution in [2.75, 3.05) is 0 Å². The number of halogens is 1. The van der Waals surface area contributed by atoms with E-state index in [9.17, 15) is 9.18 Å². The average molecular weight is 391 g/mol. The summed E-state index contributed by atoms with van der Waals surface area (Å²) in [5.41, 5.74) is 3.41. The van der Waals surface area contributed by atoms with Crippen molar-refractivity contribution in [3.05, 3.63) is 77.0 Å². The molecule has 0 saturated carbocycles. The largest absolute Gasteiger partial charge is 0.454 e. The minimum atomic E-state index is -0.516. The fourth-order valence-corrected chi connectivity index (χ4v) is 2.95. The summed E-state index contributed by atoms with van der Waals surface area (Å²) in [4.78, 5) is 25.6. The molecule has 7 nitrogen and oxygen atoms in total. The quantitative estimate of drug-likeness (QED) is 0.481. The zero-order chi connectivity index (χ0) is 20.5. The van der Waals surface area contributed by atoms with E-state index >= 15 is 0 Å². The minimum absolute atomic E-state index is 0.119. The summed E-state index contributed by atoms with van der Waals surface area (Å²) in [6, 6.07) is 6.57. The first kappa shape index (κ1) is 18.7. The number of carbonyl (C=O) groups is 1. The van der Waals surface area contributed by atoms with E-state index in [1.54, 1.807) is 19.2 Å². The molecule has 0 atom stereocenters. The average Bonchev–Trinajstić information content (AvgIpc) is 3.04. The number of aromatic nitrogens is 5. The third kappa shape index (κ3) is 3.96. The van der Waals surface area contributed by atoms with Gasteiger partial charge in [-0.15, -0.1) is 0 Å². The molecule has 0 bridgehead atoms. The maximum Gasteiger partial charge on any atom is 0.172 e. The van der Waals surface area contributed by atoms with Gasteiger partial charge >= 0.3 is 0 Å². The van der Waals surface area contributed by atoms with Crippen LogP contribution in [0.5, 0.6) is 11.5 Å². The highest BCUT2D eigenvalue weighted by Gasteiger charge is 2.18. The summed E-state index contributed by atoms with van der Waals surface area (Å²) in [5.74, 6) is 0.382. The lowest BCUT2D eigenvalue weighted by molar-refractivity contribution is 0.0992. The van der Waals surface area contributed by atoms with Gasteiger partial charge in [-0.1, -0.05) is 6.07 Å². The molecule has 4 rings (SSSR count). The molecule has 0 aromatic carbocycles. The number of aryl methyl sites for hydroxylation is 3. The monoisotopic (exact) mass is 391 g/mol. The number of Topliss-reactive ketones (excluding diaryl/α,β-unsaturated/α-hetero) is 1. The fourth-order valence-electron chi connectivity index (χ4n) is 2.95. The van der Waals surface area contributed by atoms with E-state index in [2.05, 4.69) is 20.1 Å². The third-order valence-electron chi connectivity index (χ3n) is 4.48. The molecule has 4 aromatic heterocycles. The van der Waals surface area contributed by atoms with E-state index in [-0.39, 0.29) is 18.0 Å². The van der Waals surface area contributed by atoms with Crippen LogP contribution in [-0.4, -0.2) is 30.3 Å². The topological polar surface area (TPSA) is 82.3 Å². The molecule has 8 heteroatoms. The summed E-state index contributed by atoms with van der Waals surface area (Å²) >= 11 is 0. The molecular weight excluding hydrogens is 373 g/mol. The lowest BCUT2D eigenvalue weighted by Gasteiger charge is -2.09. The van der Waals surface area contributed by atoms with Crippen molar-refractivity contribution in [2.45, 2.75) is 27.2 Å². The van der Waals surface area contributed by atoms with Gasteiger partial charge in [0.05, 0.1) is 30.6 Å². The van der Waals surface area contributed by atoms with Crippen molar-refractivity contribution >= 4 is 11.4 Å². The number of ketones is 1. The minimum Gasteiger partial charge on any atom is -0.454 e. The third-order valence-corrected chi connectivity index (χ3v) is 4.48. The van der Waals surface area contributed by atoms with Crippen molar-refractivity contribution < 1.29 is 13.9 Å². The van der Waals surface area contributed by atoms with Gasteiger partial charge < -0.3 is 4.74 Å². The SMILES string of the molecule is Cc1nc2c(C(=O)Cc3ccc(C)c(C)n3)cc(Oc3cncc(F)c3)cn2n1. The smallest absolute Gasteiger partial charge is 0.172 e.